The van der Waals surface area contributed by atoms with E-state index in [9.17, 15) is 0 Å². The predicted octanol–water partition coefficient (Wildman–Crippen LogP) is 3.97. The van der Waals surface area contributed by atoms with Crippen molar-refractivity contribution in [2.24, 2.45) is 0 Å². The summed E-state index contributed by atoms with van der Waals surface area (Å²) in [6.45, 7) is 2.06. The zero-order chi connectivity index (χ0) is 16.2. The molecule has 2 heterocycles. The molecule has 4 aromatic rings. The first-order valence-corrected chi connectivity index (χ1v) is 8.48. The Hall–Kier alpha value is -2.51. The molecule has 0 unspecified atom stereocenters. The molecule has 2 aromatic heterocycles. The summed E-state index contributed by atoms with van der Waals surface area (Å²) >= 11 is 2.75. The minimum atomic E-state index is 0.508. The lowest BCUT2D eigenvalue weighted by Crippen LogP contribution is -1.82. The number of thiazole rings is 1. The number of nitrogens with zero attached hydrogens (tertiary/aromatic N) is 3. The van der Waals surface area contributed by atoms with Gasteiger partial charge in [0.15, 0.2) is 16.1 Å². The number of rotatable bonds is 1. The van der Waals surface area contributed by atoms with Crippen molar-refractivity contribution in [3.8, 4) is 11.4 Å². The van der Waals surface area contributed by atoms with E-state index in [2.05, 4.69) is 27.3 Å². The molecule has 0 saturated carbocycles. The molecule has 116 valence electrons. The van der Waals surface area contributed by atoms with Gasteiger partial charge < -0.3 is 11.5 Å². The van der Waals surface area contributed by atoms with Crippen LogP contribution in [0.3, 0.4) is 0 Å². The second-order valence-electron chi connectivity index (χ2n) is 4.85. The minimum Gasteiger partial charge on any atom is -0.375 e. The van der Waals surface area contributed by atoms with Gasteiger partial charge in [0.25, 0.3) is 0 Å². The maximum atomic E-state index is 5.55. The van der Waals surface area contributed by atoms with Crippen LogP contribution in [0, 0.1) is 6.92 Å². The SMILES string of the molecule is Cc1ccc2nc(N)sc2c1.Nc1nc(-c2ccccc2)ns1. The summed E-state index contributed by atoms with van der Waals surface area (Å²) in [6, 6.07) is 15.9. The largest absolute Gasteiger partial charge is 0.375 e. The van der Waals surface area contributed by atoms with Crippen LogP contribution in [0.4, 0.5) is 10.3 Å². The Morgan fingerprint density at radius 1 is 0.913 bits per heavy atom. The first-order chi connectivity index (χ1) is 11.1. The van der Waals surface area contributed by atoms with E-state index in [1.165, 1.54) is 33.1 Å². The van der Waals surface area contributed by atoms with Gasteiger partial charge in [0.05, 0.1) is 10.2 Å². The van der Waals surface area contributed by atoms with Gasteiger partial charge in [-0.25, -0.2) is 4.98 Å². The fourth-order valence-corrected chi connectivity index (χ4v) is 3.28. The topological polar surface area (TPSA) is 90.7 Å². The molecule has 0 radical (unpaired) electrons. The Balaban J connectivity index is 0.000000136. The summed E-state index contributed by atoms with van der Waals surface area (Å²) in [5.74, 6) is 0.707. The lowest BCUT2D eigenvalue weighted by molar-refractivity contribution is 1.33. The summed E-state index contributed by atoms with van der Waals surface area (Å²) in [5, 5.41) is 1.15. The Morgan fingerprint density at radius 3 is 2.39 bits per heavy atom. The number of fused-ring (bicyclic) bond motifs is 1. The molecule has 2 aromatic carbocycles. The van der Waals surface area contributed by atoms with Crippen molar-refractivity contribution >= 4 is 43.3 Å². The molecule has 7 heteroatoms. The molecule has 4 rings (SSSR count). The first kappa shape index (κ1) is 15.4. The fraction of sp³-hybridized carbons (Fsp3) is 0.0625. The van der Waals surface area contributed by atoms with E-state index >= 15 is 0 Å². The van der Waals surface area contributed by atoms with Gasteiger partial charge in [0.1, 0.15) is 0 Å². The van der Waals surface area contributed by atoms with Crippen LogP contribution in [0.5, 0.6) is 0 Å². The molecule has 0 amide bonds. The highest BCUT2D eigenvalue weighted by Gasteiger charge is 2.02. The van der Waals surface area contributed by atoms with Crippen molar-refractivity contribution in [2.45, 2.75) is 6.92 Å². The van der Waals surface area contributed by atoms with Gasteiger partial charge in [-0.15, -0.1) is 0 Å². The third-order valence-corrected chi connectivity index (χ3v) is 4.42. The van der Waals surface area contributed by atoms with Crippen LogP contribution in [0.15, 0.2) is 48.5 Å². The van der Waals surface area contributed by atoms with Crippen molar-refractivity contribution in [1.82, 2.24) is 14.3 Å². The third-order valence-electron chi connectivity index (χ3n) is 3.03. The Bertz CT molecular complexity index is 915. The average molecular weight is 341 g/mol. The van der Waals surface area contributed by atoms with Crippen LogP contribution in [-0.2, 0) is 0 Å². The number of nitrogens with two attached hydrogens (primary N) is 2. The first-order valence-electron chi connectivity index (χ1n) is 6.89. The molecule has 4 N–H and O–H groups in total. The van der Waals surface area contributed by atoms with E-state index < -0.39 is 0 Å². The fourth-order valence-electron chi connectivity index (χ4n) is 1.99. The quantitative estimate of drug-likeness (QED) is 0.546. The highest BCUT2D eigenvalue weighted by Crippen LogP contribution is 2.24. The van der Waals surface area contributed by atoms with Crippen LogP contribution in [0.2, 0.25) is 0 Å². The second-order valence-corrected chi connectivity index (χ2v) is 6.69. The number of nitrogen functional groups attached to an aromatic ring is 2. The number of benzene rings is 2. The van der Waals surface area contributed by atoms with E-state index in [0.29, 0.717) is 16.1 Å². The van der Waals surface area contributed by atoms with Crippen molar-refractivity contribution in [1.29, 1.82) is 0 Å². The van der Waals surface area contributed by atoms with Gasteiger partial charge >= 0.3 is 0 Å². The molecule has 0 fully saturated rings. The zero-order valence-electron chi connectivity index (χ0n) is 12.4. The van der Waals surface area contributed by atoms with Crippen molar-refractivity contribution in [3.05, 3.63) is 54.1 Å². The monoisotopic (exact) mass is 341 g/mol. The van der Waals surface area contributed by atoms with Crippen LogP contribution < -0.4 is 11.5 Å². The summed E-state index contributed by atoms with van der Waals surface area (Å²) in [4.78, 5) is 8.22. The van der Waals surface area contributed by atoms with Gasteiger partial charge in [-0.1, -0.05) is 47.7 Å². The van der Waals surface area contributed by atoms with Gasteiger partial charge in [-0.05, 0) is 24.6 Å². The Kier molecular flexibility index (Phi) is 4.50. The highest BCUT2D eigenvalue weighted by atomic mass is 32.1. The zero-order valence-corrected chi connectivity index (χ0v) is 14.1. The van der Waals surface area contributed by atoms with E-state index in [-0.39, 0.29) is 0 Å². The van der Waals surface area contributed by atoms with Crippen LogP contribution >= 0.6 is 22.9 Å². The minimum absolute atomic E-state index is 0.508. The Morgan fingerprint density at radius 2 is 1.70 bits per heavy atom. The van der Waals surface area contributed by atoms with E-state index in [0.717, 1.165) is 11.1 Å². The molecule has 0 aliphatic heterocycles. The van der Waals surface area contributed by atoms with Crippen molar-refractivity contribution < 1.29 is 0 Å². The molecule has 0 spiro atoms. The standard InChI is InChI=1S/C8H7N3S.C8H8N2S/c9-8-10-7(11-12-8)6-4-2-1-3-5-6;1-5-2-3-6-7(4-5)11-8(9)10-6/h1-5H,(H2,9,10,11);2-4H,1H3,(H2,9,10). The van der Waals surface area contributed by atoms with Gasteiger partial charge in [0.2, 0.25) is 0 Å². The smallest absolute Gasteiger partial charge is 0.200 e. The van der Waals surface area contributed by atoms with Crippen molar-refractivity contribution in [3.63, 3.8) is 0 Å². The molecule has 5 nitrogen and oxygen atoms in total. The van der Waals surface area contributed by atoms with Crippen LogP contribution in [-0.4, -0.2) is 14.3 Å². The van der Waals surface area contributed by atoms with Crippen LogP contribution in [0.25, 0.3) is 21.6 Å². The van der Waals surface area contributed by atoms with Gasteiger partial charge in [-0.3, -0.25) is 0 Å². The molecule has 0 saturated heterocycles. The maximum Gasteiger partial charge on any atom is 0.200 e. The number of anilines is 2. The van der Waals surface area contributed by atoms with E-state index in [1.54, 1.807) is 0 Å². The maximum absolute atomic E-state index is 5.55. The molecule has 0 aliphatic carbocycles. The number of hydrogen-bond acceptors (Lipinski definition) is 7. The predicted molar refractivity (Wildman–Crippen MR) is 98.5 cm³/mol. The normalized spacial score (nSPS) is 10.3. The lowest BCUT2D eigenvalue weighted by atomic mass is 10.2. The molecular weight excluding hydrogens is 326 g/mol. The summed E-state index contributed by atoms with van der Waals surface area (Å²) < 4.78 is 5.26. The van der Waals surface area contributed by atoms with Gasteiger partial charge in [0, 0.05) is 17.1 Å². The Labute approximate surface area is 141 Å². The molecule has 0 aliphatic rings. The summed E-state index contributed by atoms with van der Waals surface area (Å²) in [6.07, 6.45) is 0. The molecule has 23 heavy (non-hydrogen) atoms. The number of aromatic nitrogens is 3. The van der Waals surface area contributed by atoms with E-state index in [1.807, 2.05) is 42.5 Å². The van der Waals surface area contributed by atoms with Crippen molar-refractivity contribution in [2.75, 3.05) is 11.5 Å². The number of aryl methyl sites for hydroxylation is 1. The molecule has 0 atom stereocenters. The lowest BCUT2D eigenvalue weighted by Gasteiger charge is -1.90. The highest BCUT2D eigenvalue weighted by molar-refractivity contribution is 7.22. The molecular formula is C16H15N5S2. The summed E-state index contributed by atoms with van der Waals surface area (Å²) in [5.41, 5.74) is 14.3. The average Bonchev–Trinajstić information content (AvgIpc) is 3.13. The van der Waals surface area contributed by atoms with Crippen LogP contribution in [0.1, 0.15) is 5.56 Å². The number of hydrogen-bond donors (Lipinski definition) is 2. The van der Waals surface area contributed by atoms with E-state index in [4.69, 9.17) is 11.5 Å². The third kappa shape index (κ3) is 3.82. The second kappa shape index (κ2) is 6.72. The summed E-state index contributed by atoms with van der Waals surface area (Å²) in [7, 11) is 0. The van der Waals surface area contributed by atoms with Gasteiger partial charge in [-0.2, -0.15) is 9.36 Å². The molecule has 0 bridgehead atoms.